The van der Waals surface area contributed by atoms with E-state index >= 15 is 0 Å². The number of carbonyl (C=O) groups is 2. The molecule has 2 aliphatic carbocycles. The number of carboxylic acid groups (broad SMARTS) is 1. The number of carbonyl (C=O) groups excluding carboxylic acids is 1. The van der Waals surface area contributed by atoms with Crippen molar-refractivity contribution in [1.82, 2.24) is 0 Å². The van der Waals surface area contributed by atoms with Crippen molar-refractivity contribution in [2.45, 2.75) is 26.7 Å². The average Bonchev–Trinajstić information content (AvgIpc) is 2.63. The highest BCUT2D eigenvalue weighted by Gasteiger charge is 2.21. The molecule has 2 aliphatic rings. The van der Waals surface area contributed by atoms with E-state index < -0.39 is 5.97 Å². The van der Waals surface area contributed by atoms with E-state index in [1.54, 1.807) is 0 Å². The quantitative estimate of drug-likeness (QED) is 0.851. The van der Waals surface area contributed by atoms with Crippen molar-refractivity contribution < 1.29 is 14.7 Å². The van der Waals surface area contributed by atoms with Crippen LogP contribution in [0.5, 0.6) is 0 Å². The number of hydrogen-bond donors (Lipinski definition) is 1. The molecule has 0 spiro atoms. The Labute approximate surface area is 112 Å². The first-order valence-corrected chi connectivity index (χ1v) is 6.21. The van der Waals surface area contributed by atoms with Crippen molar-refractivity contribution in [3.63, 3.8) is 0 Å². The zero-order chi connectivity index (χ0) is 14.2. The highest BCUT2D eigenvalue weighted by Crippen LogP contribution is 2.35. The van der Waals surface area contributed by atoms with E-state index in [-0.39, 0.29) is 5.56 Å². The van der Waals surface area contributed by atoms with Crippen molar-refractivity contribution in [2.75, 3.05) is 0 Å². The molecule has 3 heteroatoms. The summed E-state index contributed by atoms with van der Waals surface area (Å²) in [7, 11) is 0. The Bertz CT molecular complexity index is 626. The Morgan fingerprint density at radius 1 is 1.26 bits per heavy atom. The highest BCUT2D eigenvalue weighted by molar-refractivity contribution is 6.04. The summed E-state index contributed by atoms with van der Waals surface area (Å²) < 4.78 is 0. The van der Waals surface area contributed by atoms with Crippen LogP contribution in [0.25, 0.3) is 11.1 Å². The van der Waals surface area contributed by atoms with Gasteiger partial charge in [-0.1, -0.05) is 32.0 Å². The van der Waals surface area contributed by atoms with Gasteiger partial charge in [0.15, 0.2) is 6.29 Å². The highest BCUT2D eigenvalue weighted by atomic mass is 16.4. The lowest BCUT2D eigenvalue weighted by molar-refractivity contribution is 0.0698. The van der Waals surface area contributed by atoms with Gasteiger partial charge in [-0.25, -0.2) is 4.79 Å². The third kappa shape index (κ3) is 2.24. The largest absolute Gasteiger partial charge is 0.478 e. The molecule has 0 atom stereocenters. The average molecular weight is 256 g/mol. The molecule has 0 aliphatic heterocycles. The van der Waals surface area contributed by atoms with Crippen molar-refractivity contribution in [3.05, 3.63) is 46.5 Å². The Hall–Kier alpha value is -2.16. The molecule has 98 valence electrons. The number of carboxylic acids is 1. The predicted molar refractivity (Wildman–Crippen MR) is 74.2 cm³/mol. The fourth-order valence-corrected chi connectivity index (χ4v) is 2.32. The Kier molecular flexibility index (Phi) is 3.38. The lowest BCUT2D eigenvalue weighted by Gasteiger charge is -2.03. The number of fused-ring (bicyclic) bond motifs is 1. The number of aromatic carboxylic acids is 1. The molecular weight excluding hydrogens is 240 g/mol. The smallest absolute Gasteiger partial charge is 0.336 e. The van der Waals surface area contributed by atoms with Crippen LogP contribution >= 0.6 is 0 Å². The number of aldehydes is 1. The first-order valence-electron chi connectivity index (χ1n) is 6.21. The van der Waals surface area contributed by atoms with Gasteiger partial charge in [-0.05, 0) is 41.2 Å². The minimum absolute atomic E-state index is 0.195. The van der Waals surface area contributed by atoms with Gasteiger partial charge in [0.1, 0.15) is 0 Å². The molecule has 0 saturated heterocycles. The summed E-state index contributed by atoms with van der Waals surface area (Å²) in [4.78, 5) is 22.5. The van der Waals surface area contributed by atoms with E-state index in [0.717, 1.165) is 23.0 Å². The predicted octanol–water partition coefficient (Wildman–Crippen LogP) is 3.73. The molecule has 0 heterocycles. The van der Waals surface area contributed by atoms with Crippen LogP contribution in [0.2, 0.25) is 0 Å². The first kappa shape index (κ1) is 13.3. The van der Waals surface area contributed by atoms with Crippen LogP contribution in [0, 0.1) is 6.92 Å². The molecule has 1 N–H and O–H groups in total. The molecule has 0 amide bonds. The second-order valence-electron chi connectivity index (χ2n) is 5.04. The van der Waals surface area contributed by atoms with Crippen molar-refractivity contribution in [2.24, 2.45) is 0 Å². The molecule has 0 aromatic carbocycles. The Morgan fingerprint density at radius 3 is 2.47 bits per heavy atom. The maximum Gasteiger partial charge on any atom is 0.336 e. The maximum absolute atomic E-state index is 11.3. The molecule has 19 heavy (non-hydrogen) atoms. The van der Waals surface area contributed by atoms with Gasteiger partial charge in [0.05, 0.1) is 5.56 Å². The minimum atomic E-state index is -1.00. The second kappa shape index (κ2) is 4.84. The van der Waals surface area contributed by atoms with E-state index in [4.69, 9.17) is 0 Å². The van der Waals surface area contributed by atoms with Crippen molar-refractivity contribution in [3.8, 4) is 11.1 Å². The van der Waals surface area contributed by atoms with Crippen LogP contribution < -0.4 is 0 Å². The number of hydrogen-bond acceptors (Lipinski definition) is 2. The van der Waals surface area contributed by atoms with Crippen LogP contribution in [0.4, 0.5) is 0 Å². The maximum atomic E-state index is 11.3. The molecule has 0 saturated carbocycles. The fraction of sp³-hybridized carbons (Fsp3) is 0.250. The summed E-state index contributed by atoms with van der Waals surface area (Å²) in [5.41, 5.74) is 3.96. The molecular formula is C16H16O3. The molecule has 3 nitrogen and oxygen atoms in total. The molecule has 0 aromatic heterocycles. The summed E-state index contributed by atoms with van der Waals surface area (Å²) >= 11 is 0. The second-order valence-corrected chi connectivity index (χ2v) is 5.04. The Morgan fingerprint density at radius 2 is 1.95 bits per heavy atom. The molecule has 0 fully saturated rings. The van der Waals surface area contributed by atoms with Gasteiger partial charge in [0.25, 0.3) is 0 Å². The van der Waals surface area contributed by atoms with Crippen LogP contribution in [-0.4, -0.2) is 17.4 Å². The number of aryl methyl sites for hydroxylation is 1. The molecule has 0 bridgehead atoms. The number of rotatable bonds is 3. The van der Waals surface area contributed by atoms with Crippen LogP contribution in [-0.2, 0) is 0 Å². The van der Waals surface area contributed by atoms with E-state index in [2.05, 4.69) is 13.8 Å². The zero-order valence-electron chi connectivity index (χ0n) is 11.2. The zero-order valence-corrected chi connectivity index (χ0v) is 11.2. The van der Waals surface area contributed by atoms with Crippen LogP contribution in [0.3, 0.4) is 0 Å². The molecule has 2 rings (SSSR count). The SMILES string of the molecule is Cc1ccc(C(C)C)cc2c(C=O)cc(C(=O)O)c1-2. The monoisotopic (exact) mass is 256 g/mol. The fourth-order valence-electron chi connectivity index (χ4n) is 2.32. The van der Waals surface area contributed by atoms with Crippen LogP contribution in [0.1, 0.15) is 51.6 Å². The summed E-state index contributed by atoms with van der Waals surface area (Å²) in [5.74, 6) is -0.684. The summed E-state index contributed by atoms with van der Waals surface area (Å²) in [6.07, 6.45) is 0.721. The van der Waals surface area contributed by atoms with Gasteiger partial charge >= 0.3 is 5.97 Å². The van der Waals surface area contributed by atoms with Crippen molar-refractivity contribution >= 4 is 12.3 Å². The standard InChI is InChI=1S/C16H16O3/c1-9(2)11-5-4-10(3)15-13(6-11)12(8-17)7-14(15)16(18)19/h4-9H,1-3H3,(H,18,19). The van der Waals surface area contributed by atoms with E-state index in [1.807, 2.05) is 25.1 Å². The van der Waals surface area contributed by atoms with Gasteiger partial charge in [-0.15, -0.1) is 0 Å². The van der Waals surface area contributed by atoms with Gasteiger partial charge in [-0.3, -0.25) is 4.79 Å². The lowest BCUT2D eigenvalue weighted by Crippen LogP contribution is -1.95. The normalized spacial score (nSPS) is 10.9. The molecule has 0 radical (unpaired) electrons. The topological polar surface area (TPSA) is 54.4 Å². The summed E-state index contributed by atoms with van der Waals surface area (Å²) in [6.45, 7) is 6.00. The lowest BCUT2D eigenvalue weighted by atomic mass is 10.0. The van der Waals surface area contributed by atoms with Gasteiger partial charge < -0.3 is 5.11 Å². The Balaban J connectivity index is 2.84. The molecule has 0 aromatic rings. The van der Waals surface area contributed by atoms with E-state index in [0.29, 0.717) is 17.0 Å². The minimum Gasteiger partial charge on any atom is -0.478 e. The third-order valence-corrected chi connectivity index (χ3v) is 3.40. The van der Waals surface area contributed by atoms with Crippen molar-refractivity contribution in [1.29, 1.82) is 0 Å². The third-order valence-electron chi connectivity index (χ3n) is 3.40. The van der Waals surface area contributed by atoms with E-state index in [9.17, 15) is 14.7 Å². The van der Waals surface area contributed by atoms with Gasteiger partial charge in [0.2, 0.25) is 0 Å². The molecule has 0 unspecified atom stereocenters. The van der Waals surface area contributed by atoms with Crippen LogP contribution in [0.15, 0.2) is 24.3 Å². The summed E-state index contributed by atoms with van der Waals surface area (Å²) in [5, 5.41) is 9.26. The first-order chi connectivity index (χ1) is 8.95. The van der Waals surface area contributed by atoms with Gasteiger partial charge in [-0.2, -0.15) is 0 Å². The van der Waals surface area contributed by atoms with E-state index in [1.165, 1.54) is 6.07 Å². The van der Waals surface area contributed by atoms with Gasteiger partial charge in [0, 0.05) is 5.56 Å². The summed E-state index contributed by atoms with van der Waals surface area (Å²) in [6, 6.07) is 7.28.